The SMILES string of the molecule is CN(CCC#N)c1ccc2ccccc2c1. The highest BCUT2D eigenvalue weighted by molar-refractivity contribution is 5.85. The highest BCUT2D eigenvalue weighted by atomic mass is 15.1. The monoisotopic (exact) mass is 210 g/mol. The zero-order valence-electron chi connectivity index (χ0n) is 9.35. The molecule has 0 bridgehead atoms. The summed E-state index contributed by atoms with van der Waals surface area (Å²) in [4.78, 5) is 2.11. The Morgan fingerprint density at radius 2 is 1.88 bits per heavy atom. The molecule has 16 heavy (non-hydrogen) atoms. The molecule has 2 nitrogen and oxygen atoms in total. The maximum Gasteiger partial charge on any atom is 0.0640 e. The molecule has 0 N–H and O–H groups in total. The molecular weight excluding hydrogens is 196 g/mol. The molecule has 0 aromatic heterocycles. The Balaban J connectivity index is 2.29. The van der Waals surface area contributed by atoms with Gasteiger partial charge in [-0.2, -0.15) is 5.26 Å². The van der Waals surface area contributed by atoms with Gasteiger partial charge >= 0.3 is 0 Å². The topological polar surface area (TPSA) is 27.0 Å². The van der Waals surface area contributed by atoms with Gasteiger partial charge in [0.1, 0.15) is 0 Å². The van der Waals surface area contributed by atoms with E-state index in [0.717, 1.165) is 12.2 Å². The third-order valence-electron chi connectivity index (χ3n) is 2.73. The maximum atomic E-state index is 8.56. The summed E-state index contributed by atoms with van der Waals surface area (Å²) in [5, 5.41) is 11.0. The largest absolute Gasteiger partial charge is 0.374 e. The molecule has 0 fully saturated rings. The lowest BCUT2D eigenvalue weighted by molar-refractivity contribution is 0.906. The molecule has 0 spiro atoms. The van der Waals surface area contributed by atoms with Crippen molar-refractivity contribution in [1.82, 2.24) is 0 Å². The van der Waals surface area contributed by atoms with E-state index in [4.69, 9.17) is 5.26 Å². The van der Waals surface area contributed by atoms with Crippen LogP contribution in [-0.4, -0.2) is 13.6 Å². The van der Waals surface area contributed by atoms with Crippen LogP contribution in [0.5, 0.6) is 0 Å². The van der Waals surface area contributed by atoms with E-state index in [1.165, 1.54) is 10.8 Å². The number of nitriles is 1. The summed E-state index contributed by atoms with van der Waals surface area (Å²) in [7, 11) is 2.02. The first-order valence-corrected chi connectivity index (χ1v) is 5.38. The van der Waals surface area contributed by atoms with Gasteiger partial charge in [0, 0.05) is 19.3 Å². The fraction of sp³-hybridized carbons (Fsp3) is 0.214. The smallest absolute Gasteiger partial charge is 0.0640 e. The maximum absolute atomic E-state index is 8.56. The van der Waals surface area contributed by atoms with Gasteiger partial charge in [-0.3, -0.25) is 0 Å². The predicted molar refractivity (Wildman–Crippen MR) is 67.4 cm³/mol. The summed E-state index contributed by atoms with van der Waals surface area (Å²) in [6.45, 7) is 0.773. The van der Waals surface area contributed by atoms with E-state index in [-0.39, 0.29) is 0 Å². The normalized spacial score (nSPS) is 10.0. The van der Waals surface area contributed by atoms with Crippen molar-refractivity contribution < 1.29 is 0 Å². The van der Waals surface area contributed by atoms with Crippen molar-refractivity contribution >= 4 is 16.5 Å². The second kappa shape index (κ2) is 4.67. The molecule has 0 atom stereocenters. The van der Waals surface area contributed by atoms with E-state index in [1.807, 2.05) is 19.2 Å². The number of rotatable bonds is 3. The van der Waals surface area contributed by atoms with Gasteiger partial charge in [0.2, 0.25) is 0 Å². The van der Waals surface area contributed by atoms with Crippen LogP contribution in [0.2, 0.25) is 0 Å². The quantitative estimate of drug-likeness (QED) is 0.778. The molecule has 2 aromatic carbocycles. The fourth-order valence-electron chi connectivity index (χ4n) is 1.76. The van der Waals surface area contributed by atoms with Gasteiger partial charge in [0.25, 0.3) is 0 Å². The van der Waals surface area contributed by atoms with Gasteiger partial charge in [-0.1, -0.05) is 30.3 Å². The fourth-order valence-corrected chi connectivity index (χ4v) is 1.76. The minimum Gasteiger partial charge on any atom is -0.374 e. The van der Waals surface area contributed by atoms with Crippen molar-refractivity contribution in [3.63, 3.8) is 0 Å². The van der Waals surface area contributed by atoms with E-state index >= 15 is 0 Å². The van der Waals surface area contributed by atoms with E-state index in [2.05, 4.69) is 41.3 Å². The van der Waals surface area contributed by atoms with Crippen LogP contribution in [0.15, 0.2) is 42.5 Å². The molecule has 2 aromatic rings. The van der Waals surface area contributed by atoms with Crippen LogP contribution in [0.1, 0.15) is 6.42 Å². The number of benzene rings is 2. The van der Waals surface area contributed by atoms with E-state index in [0.29, 0.717) is 6.42 Å². The Morgan fingerprint density at radius 1 is 1.12 bits per heavy atom. The lowest BCUT2D eigenvalue weighted by Crippen LogP contribution is -2.17. The number of anilines is 1. The van der Waals surface area contributed by atoms with E-state index in [9.17, 15) is 0 Å². The lowest BCUT2D eigenvalue weighted by Gasteiger charge is -2.18. The summed E-state index contributed by atoms with van der Waals surface area (Å²) in [6.07, 6.45) is 0.559. The molecule has 0 heterocycles. The Hall–Kier alpha value is -2.01. The molecule has 0 aliphatic heterocycles. The van der Waals surface area contributed by atoms with Gasteiger partial charge in [-0.05, 0) is 22.9 Å². The van der Waals surface area contributed by atoms with E-state index < -0.39 is 0 Å². The van der Waals surface area contributed by atoms with Crippen LogP contribution in [-0.2, 0) is 0 Å². The third kappa shape index (κ3) is 2.14. The standard InChI is InChI=1S/C14H14N2/c1-16(10-4-9-15)14-8-7-12-5-2-3-6-13(12)11-14/h2-3,5-8,11H,4,10H2,1H3. The van der Waals surface area contributed by atoms with E-state index in [1.54, 1.807) is 0 Å². The van der Waals surface area contributed by atoms with Crippen LogP contribution in [0.3, 0.4) is 0 Å². The third-order valence-corrected chi connectivity index (χ3v) is 2.73. The van der Waals surface area contributed by atoms with Gasteiger partial charge in [-0.25, -0.2) is 0 Å². The first-order chi connectivity index (χ1) is 7.81. The molecule has 0 saturated heterocycles. The van der Waals surface area contributed by atoms with Gasteiger partial charge in [-0.15, -0.1) is 0 Å². The summed E-state index contributed by atoms with van der Waals surface area (Å²) >= 11 is 0. The molecule has 0 aliphatic carbocycles. The molecule has 2 heteroatoms. The van der Waals surface area contributed by atoms with Crippen molar-refractivity contribution in [2.45, 2.75) is 6.42 Å². The molecule has 0 saturated carbocycles. The molecule has 0 radical (unpaired) electrons. The van der Waals surface area contributed by atoms with Crippen molar-refractivity contribution in [3.8, 4) is 6.07 Å². The highest BCUT2D eigenvalue weighted by Crippen LogP contribution is 2.21. The van der Waals surface area contributed by atoms with Crippen LogP contribution in [0, 0.1) is 11.3 Å². The summed E-state index contributed by atoms with van der Waals surface area (Å²) in [6, 6.07) is 16.8. The van der Waals surface area contributed by atoms with Crippen molar-refractivity contribution in [2.75, 3.05) is 18.5 Å². The average molecular weight is 210 g/mol. The first kappa shape index (κ1) is 10.5. The molecule has 80 valence electrons. The van der Waals surface area contributed by atoms with Gasteiger partial charge < -0.3 is 4.90 Å². The molecule has 0 unspecified atom stereocenters. The Morgan fingerprint density at radius 3 is 2.62 bits per heavy atom. The van der Waals surface area contributed by atoms with Gasteiger partial charge in [0.05, 0.1) is 12.5 Å². The minimum atomic E-state index is 0.559. The second-order valence-electron chi connectivity index (χ2n) is 3.86. The van der Waals surface area contributed by atoms with Crippen LogP contribution < -0.4 is 4.90 Å². The molecule has 0 amide bonds. The lowest BCUT2D eigenvalue weighted by atomic mass is 10.1. The molecular formula is C14H14N2. The van der Waals surface area contributed by atoms with Crippen molar-refractivity contribution in [1.29, 1.82) is 5.26 Å². The number of nitrogens with zero attached hydrogens (tertiary/aromatic N) is 2. The van der Waals surface area contributed by atoms with Crippen molar-refractivity contribution in [2.24, 2.45) is 0 Å². The van der Waals surface area contributed by atoms with Crippen LogP contribution in [0.25, 0.3) is 10.8 Å². The minimum absolute atomic E-state index is 0.559. The zero-order chi connectivity index (χ0) is 11.4. The Labute approximate surface area is 95.7 Å². The summed E-state index contributed by atoms with van der Waals surface area (Å²) < 4.78 is 0. The number of hydrogen-bond acceptors (Lipinski definition) is 2. The van der Waals surface area contributed by atoms with Gasteiger partial charge in [0.15, 0.2) is 0 Å². The predicted octanol–water partition coefficient (Wildman–Crippen LogP) is 3.19. The molecule has 0 aliphatic rings. The Bertz CT molecular complexity index is 525. The van der Waals surface area contributed by atoms with Crippen molar-refractivity contribution in [3.05, 3.63) is 42.5 Å². The summed E-state index contributed by atoms with van der Waals surface area (Å²) in [5.74, 6) is 0. The average Bonchev–Trinajstić information content (AvgIpc) is 2.35. The highest BCUT2D eigenvalue weighted by Gasteiger charge is 2.01. The first-order valence-electron chi connectivity index (χ1n) is 5.38. The number of hydrogen-bond donors (Lipinski definition) is 0. The van der Waals surface area contributed by atoms with Crippen LogP contribution in [0.4, 0.5) is 5.69 Å². The van der Waals surface area contributed by atoms with Crippen LogP contribution >= 0.6 is 0 Å². The summed E-state index contributed by atoms with van der Waals surface area (Å²) in [5.41, 5.74) is 1.16. The molecule has 2 rings (SSSR count). The Kier molecular flexibility index (Phi) is 3.07. The number of fused-ring (bicyclic) bond motifs is 1. The second-order valence-corrected chi connectivity index (χ2v) is 3.86. The zero-order valence-corrected chi connectivity index (χ0v) is 9.35.